The van der Waals surface area contributed by atoms with Crippen molar-refractivity contribution in [1.29, 1.82) is 0 Å². The van der Waals surface area contributed by atoms with Gasteiger partial charge in [-0.05, 0) is 50.3 Å². The predicted octanol–water partition coefficient (Wildman–Crippen LogP) is 2.94. The van der Waals surface area contributed by atoms with Gasteiger partial charge in [-0.1, -0.05) is 12.1 Å². The van der Waals surface area contributed by atoms with Gasteiger partial charge in [-0.3, -0.25) is 9.48 Å². The molecule has 0 aliphatic carbocycles. The Morgan fingerprint density at radius 3 is 2.82 bits per heavy atom. The van der Waals surface area contributed by atoms with Crippen molar-refractivity contribution in [2.45, 2.75) is 51.3 Å². The van der Waals surface area contributed by atoms with Crippen LogP contribution in [0.25, 0.3) is 11.1 Å². The van der Waals surface area contributed by atoms with Gasteiger partial charge >= 0.3 is 0 Å². The van der Waals surface area contributed by atoms with Gasteiger partial charge in [0, 0.05) is 56.2 Å². The normalized spacial score (nSPS) is 21.1. The lowest BCUT2D eigenvalue weighted by molar-refractivity contribution is 0.0613. The molecule has 4 rings (SSSR count). The first-order valence-corrected chi connectivity index (χ1v) is 10.5. The van der Waals surface area contributed by atoms with Crippen LogP contribution in [0.3, 0.4) is 0 Å². The number of amides is 1. The van der Waals surface area contributed by atoms with Gasteiger partial charge in [-0.15, -0.1) is 0 Å². The van der Waals surface area contributed by atoms with E-state index in [0.717, 1.165) is 56.8 Å². The second-order valence-corrected chi connectivity index (χ2v) is 7.85. The molecule has 0 unspecified atom stereocenters. The molecule has 6 nitrogen and oxygen atoms in total. The summed E-state index contributed by atoms with van der Waals surface area (Å²) in [6, 6.07) is 8.06. The van der Waals surface area contributed by atoms with Crippen LogP contribution in [0.4, 0.5) is 0 Å². The zero-order chi connectivity index (χ0) is 19.3. The first-order chi connectivity index (χ1) is 13.7. The minimum atomic E-state index is 0.0160. The fourth-order valence-corrected chi connectivity index (χ4v) is 4.13. The maximum Gasteiger partial charge on any atom is 0.251 e. The topological polar surface area (TPSA) is 59.4 Å². The van der Waals surface area contributed by atoms with Gasteiger partial charge in [0.25, 0.3) is 5.91 Å². The van der Waals surface area contributed by atoms with E-state index >= 15 is 0 Å². The van der Waals surface area contributed by atoms with Crippen LogP contribution in [-0.4, -0.2) is 59.0 Å². The van der Waals surface area contributed by atoms with Crippen molar-refractivity contribution < 1.29 is 9.53 Å². The first-order valence-electron chi connectivity index (χ1n) is 10.5. The molecular weight excluding hydrogens is 352 g/mol. The lowest BCUT2D eigenvalue weighted by atomic mass is 10.0. The fourth-order valence-electron chi connectivity index (χ4n) is 4.13. The lowest BCUT2D eigenvalue weighted by Crippen LogP contribution is -2.46. The van der Waals surface area contributed by atoms with Crippen LogP contribution in [-0.2, 0) is 11.3 Å². The molecule has 0 saturated carbocycles. The summed E-state index contributed by atoms with van der Waals surface area (Å²) in [6.07, 6.45) is 8.65. The van der Waals surface area contributed by atoms with Gasteiger partial charge in [0.1, 0.15) is 0 Å². The summed E-state index contributed by atoms with van der Waals surface area (Å²) < 4.78 is 7.64. The van der Waals surface area contributed by atoms with E-state index in [1.54, 1.807) is 0 Å². The number of benzene rings is 1. The third kappa shape index (κ3) is 4.62. The Balaban J connectivity index is 1.31. The van der Waals surface area contributed by atoms with Crippen LogP contribution in [0.15, 0.2) is 36.7 Å². The minimum absolute atomic E-state index is 0.0160. The van der Waals surface area contributed by atoms with Crippen molar-refractivity contribution in [3.05, 3.63) is 42.2 Å². The molecule has 2 saturated heterocycles. The van der Waals surface area contributed by atoms with Crippen molar-refractivity contribution in [3.8, 4) is 11.1 Å². The molecule has 3 heterocycles. The highest BCUT2D eigenvalue weighted by atomic mass is 16.5. The Kier molecular flexibility index (Phi) is 6.07. The van der Waals surface area contributed by atoms with E-state index in [-0.39, 0.29) is 11.9 Å². The van der Waals surface area contributed by atoms with Crippen molar-refractivity contribution in [2.75, 3.05) is 26.2 Å². The number of nitrogens with zero attached hydrogens (tertiary/aromatic N) is 3. The van der Waals surface area contributed by atoms with Crippen LogP contribution in [0.2, 0.25) is 0 Å². The standard InChI is InChI=1S/C22H30N4O2/c1-2-26-15-19(14-23-26)17-5-3-6-18(13-17)22(27)24-20-8-10-25(11-9-20)16-21-7-4-12-28-21/h3,5-6,13-15,20-21H,2,4,7-12,16H2,1H3,(H,24,27)/t21-/m0/s1. The summed E-state index contributed by atoms with van der Waals surface area (Å²) in [5.41, 5.74) is 2.78. The van der Waals surface area contributed by atoms with Gasteiger partial charge in [0.2, 0.25) is 0 Å². The Bertz CT molecular complexity index is 789. The molecule has 0 radical (unpaired) electrons. The largest absolute Gasteiger partial charge is 0.377 e. The fraction of sp³-hybridized carbons (Fsp3) is 0.545. The van der Waals surface area contributed by atoms with Gasteiger partial charge < -0.3 is 15.0 Å². The summed E-state index contributed by atoms with van der Waals surface area (Å²) in [6.45, 7) is 6.91. The van der Waals surface area contributed by atoms with Gasteiger partial charge in [-0.2, -0.15) is 5.10 Å². The smallest absolute Gasteiger partial charge is 0.251 e. The van der Waals surface area contributed by atoms with Crippen LogP contribution in [0.5, 0.6) is 0 Å². The number of nitrogens with one attached hydrogen (secondary N) is 1. The maximum absolute atomic E-state index is 12.8. The third-order valence-electron chi connectivity index (χ3n) is 5.82. The molecule has 150 valence electrons. The lowest BCUT2D eigenvalue weighted by Gasteiger charge is -2.33. The van der Waals surface area contributed by atoms with E-state index in [0.29, 0.717) is 11.7 Å². The van der Waals surface area contributed by atoms with Crippen LogP contribution in [0.1, 0.15) is 43.0 Å². The summed E-state index contributed by atoms with van der Waals surface area (Å²) in [7, 11) is 0. The Hall–Kier alpha value is -2.18. The molecule has 0 bridgehead atoms. The molecule has 6 heteroatoms. The highest BCUT2D eigenvalue weighted by Gasteiger charge is 2.25. The SMILES string of the molecule is CCn1cc(-c2cccc(C(=O)NC3CCN(C[C@@H]4CCCO4)CC3)c2)cn1. The number of ether oxygens (including phenoxy) is 1. The molecule has 2 fully saturated rings. The number of carbonyl (C=O) groups excluding carboxylic acids is 1. The van der Waals surface area contributed by atoms with Crippen LogP contribution < -0.4 is 5.32 Å². The van der Waals surface area contributed by atoms with E-state index in [1.165, 1.54) is 12.8 Å². The average molecular weight is 383 g/mol. The number of likely N-dealkylation sites (tertiary alicyclic amines) is 1. The number of hydrogen-bond donors (Lipinski definition) is 1. The summed E-state index contributed by atoms with van der Waals surface area (Å²) >= 11 is 0. The van der Waals surface area contributed by atoms with Crippen molar-refractivity contribution in [1.82, 2.24) is 20.0 Å². The summed E-state index contributed by atoms with van der Waals surface area (Å²) in [4.78, 5) is 15.2. The monoisotopic (exact) mass is 382 g/mol. The molecule has 2 aromatic rings. The molecule has 2 aliphatic heterocycles. The molecule has 28 heavy (non-hydrogen) atoms. The Labute approximate surface area is 166 Å². The molecule has 0 spiro atoms. The zero-order valence-corrected chi connectivity index (χ0v) is 16.6. The number of aromatic nitrogens is 2. The Morgan fingerprint density at radius 2 is 2.11 bits per heavy atom. The average Bonchev–Trinajstić information content (AvgIpc) is 3.41. The first kappa shape index (κ1) is 19.2. The van der Waals surface area contributed by atoms with Crippen molar-refractivity contribution in [2.24, 2.45) is 0 Å². The van der Waals surface area contributed by atoms with E-state index in [2.05, 4.69) is 22.2 Å². The molecule has 1 N–H and O–H groups in total. The molecular formula is C22H30N4O2. The predicted molar refractivity (Wildman–Crippen MR) is 109 cm³/mol. The summed E-state index contributed by atoms with van der Waals surface area (Å²) in [5.74, 6) is 0.0160. The number of piperidine rings is 1. The molecule has 1 atom stereocenters. The molecule has 2 aliphatic rings. The van der Waals surface area contributed by atoms with E-state index in [9.17, 15) is 4.79 Å². The van der Waals surface area contributed by atoms with E-state index in [1.807, 2.05) is 41.3 Å². The van der Waals surface area contributed by atoms with Crippen LogP contribution >= 0.6 is 0 Å². The number of aryl methyl sites for hydroxylation is 1. The second kappa shape index (κ2) is 8.88. The third-order valence-corrected chi connectivity index (χ3v) is 5.82. The quantitative estimate of drug-likeness (QED) is 0.835. The number of rotatable bonds is 6. The minimum Gasteiger partial charge on any atom is -0.377 e. The van der Waals surface area contributed by atoms with E-state index in [4.69, 9.17) is 4.74 Å². The van der Waals surface area contributed by atoms with Gasteiger partial charge in [0.05, 0.1) is 12.3 Å². The summed E-state index contributed by atoms with van der Waals surface area (Å²) in [5, 5.41) is 7.55. The maximum atomic E-state index is 12.8. The second-order valence-electron chi connectivity index (χ2n) is 7.85. The van der Waals surface area contributed by atoms with E-state index < -0.39 is 0 Å². The van der Waals surface area contributed by atoms with Gasteiger partial charge in [0.15, 0.2) is 0 Å². The zero-order valence-electron chi connectivity index (χ0n) is 16.6. The Morgan fingerprint density at radius 1 is 1.25 bits per heavy atom. The number of carbonyl (C=O) groups is 1. The van der Waals surface area contributed by atoms with Crippen molar-refractivity contribution >= 4 is 5.91 Å². The highest BCUT2D eigenvalue weighted by molar-refractivity contribution is 5.95. The molecule has 1 amide bonds. The highest BCUT2D eigenvalue weighted by Crippen LogP contribution is 2.21. The molecule has 1 aromatic heterocycles. The van der Waals surface area contributed by atoms with Crippen LogP contribution in [0, 0.1) is 0 Å². The van der Waals surface area contributed by atoms with Crippen molar-refractivity contribution in [3.63, 3.8) is 0 Å². The molecule has 1 aromatic carbocycles. The number of hydrogen-bond acceptors (Lipinski definition) is 4. The van der Waals surface area contributed by atoms with Gasteiger partial charge in [-0.25, -0.2) is 0 Å².